The molecule has 0 saturated carbocycles. The van der Waals surface area contributed by atoms with Crippen molar-refractivity contribution in [2.75, 3.05) is 20.3 Å². The van der Waals surface area contributed by atoms with Gasteiger partial charge in [0.2, 0.25) is 0 Å². The van der Waals surface area contributed by atoms with Crippen LogP contribution in [0, 0.1) is 0 Å². The second-order valence-corrected chi connectivity index (χ2v) is 5.92. The molecule has 1 aromatic rings. The van der Waals surface area contributed by atoms with Crippen LogP contribution in [0.4, 0.5) is 0 Å². The summed E-state index contributed by atoms with van der Waals surface area (Å²) in [5.74, 6) is 0.413. The third-order valence-electron chi connectivity index (χ3n) is 3.97. The molecule has 0 aromatic heterocycles. The topological polar surface area (TPSA) is 50.8 Å². The quantitative estimate of drug-likeness (QED) is 0.629. The van der Waals surface area contributed by atoms with Crippen LogP contribution in [0.25, 0.3) is 0 Å². The van der Waals surface area contributed by atoms with E-state index in [1.165, 1.54) is 0 Å². The molecular weight excluding hydrogens is 324 g/mol. The van der Waals surface area contributed by atoms with Crippen LogP contribution in [0.3, 0.4) is 0 Å². The van der Waals surface area contributed by atoms with Crippen LogP contribution < -0.4 is 10.1 Å². The molecule has 0 aliphatic carbocycles. The normalized spacial score (nSPS) is 17.6. The number of methoxy groups -OCH3 is 1. The first kappa shape index (κ1) is 18.3. The molecule has 0 fully saturated rings. The van der Waals surface area contributed by atoms with E-state index in [2.05, 4.69) is 12.2 Å². The predicted molar refractivity (Wildman–Crippen MR) is 97.8 cm³/mol. The predicted octanol–water partition coefficient (Wildman–Crippen LogP) is 3.17. The van der Waals surface area contributed by atoms with Crippen molar-refractivity contribution >= 4 is 23.3 Å². The maximum Gasteiger partial charge on any atom is 0.338 e. The lowest BCUT2D eigenvalue weighted by atomic mass is 9.94. The van der Waals surface area contributed by atoms with Gasteiger partial charge >= 0.3 is 5.97 Å². The zero-order valence-electron chi connectivity index (χ0n) is 14.6. The van der Waals surface area contributed by atoms with Gasteiger partial charge in [-0.1, -0.05) is 19.1 Å². The molecule has 6 heteroatoms. The third kappa shape index (κ3) is 3.70. The van der Waals surface area contributed by atoms with E-state index in [1.54, 1.807) is 14.0 Å². The Labute approximate surface area is 148 Å². The Morgan fingerprint density at radius 1 is 1.38 bits per heavy atom. The van der Waals surface area contributed by atoms with Crippen LogP contribution in [-0.4, -0.2) is 36.2 Å². The van der Waals surface area contributed by atoms with Crippen molar-refractivity contribution < 1.29 is 14.3 Å². The van der Waals surface area contributed by atoms with E-state index in [1.807, 2.05) is 36.1 Å². The number of nitrogens with zero attached hydrogens (tertiary/aromatic N) is 1. The number of allylic oxidation sites excluding steroid dienone is 1. The molecule has 0 amide bonds. The summed E-state index contributed by atoms with van der Waals surface area (Å²) in [5.41, 5.74) is 2.34. The van der Waals surface area contributed by atoms with Crippen molar-refractivity contribution in [3.05, 3.63) is 41.1 Å². The number of carbonyl (C=O) groups excluding carboxylic acids is 1. The summed E-state index contributed by atoms with van der Waals surface area (Å²) in [5, 5.41) is 3.90. The van der Waals surface area contributed by atoms with E-state index in [4.69, 9.17) is 21.7 Å². The van der Waals surface area contributed by atoms with Crippen molar-refractivity contribution in [1.29, 1.82) is 0 Å². The van der Waals surface area contributed by atoms with Gasteiger partial charge in [0.15, 0.2) is 5.11 Å². The molecule has 130 valence electrons. The van der Waals surface area contributed by atoms with Crippen LogP contribution in [0.5, 0.6) is 5.75 Å². The highest BCUT2D eigenvalue weighted by Gasteiger charge is 2.34. The number of hydrogen-bond donors (Lipinski definition) is 1. The first-order valence-corrected chi connectivity index (χ1v) is 8.54. The number of hydrogen-bond acceptors (Lipinski definition) is 4. The fraction of sp³-hybridized carbons (Fsp3) is 0.444. The smallest absolute Gasteiger partial charge is 0.338 e. The maximum absolute atomic E-state index is 12.6. The lowest BCUT2D eigenvalue weighted by Gasteiger charge is -2.37. The Bertz CT molecular complexity index is 657. The zero-order chi connectivity index (χ0) is 17.7. The molecule has 1 unspecified atom stereocenters. The lowest BCUT2D eigenvalue weighted by Crippen LogP contribution is -2.48. The number of benzene rings is 1. The fourth-order valence-corrected chi connectivity index (χ4v) is 3.16. The molecule has 1 aliphatic heterocycles. The van der Waals surface area contributed by atoms with E-state index in [0.717, 1.165) is 30.0 Å². The van der Waals surface area contributed by atoms with Gasteiger partial charge in [-0.2, -0.15) is 0 Å². The van der Waals surface area contributed by atoms with Crippen molar-refractivity contribution in [2.45, 2.75) is 33.2 Å². The minimum absolute atomic E-state index is 0.320. The van der Waals surface area contributed by atoms with E-state index in [0.29, 0.717) is 17.3 Å². The number of nitrogens with one attached hydrogen (secondary N) is 1. The van der Waals surface area contributed by atoms with Gasteiger partial charge in [0.1, 0.15) is 5.75 Å². The summed E-state index contributed by atoms with van der Waals surface area (Å²) in [6, 6.07) is 7.27. The van der Waals surface area contributed by atoms with Gasteiger partial charge < -0.3 is 19.7 Å². The van der Waals surface area contributed by atoms with Crippen LogP contribution in [-0.2, 0) is 9.53 Å². The molecule has 0 spiro atoms. The van der Waals surface area contributed by atoms with Gasteiger partial charge in [-0.3, -0.25) is 0 Å². The first-order chi connectivity index (χ1) is 11.5. The summed E-state index contributed by atoms with van der Waals surface area (Å²) in [7, 11) is 1.62. The minimum atomic E-state index is -0.347. The Kier molecular flexibility index (Phi) is 6.20. The van der Waals surface area contributed by atoms with Gasteiger partial charge in [0.05, 0.1) is 25.3 Å². The number of esters is 1. The molecule has 1 heterocycles. The van der Waals surface area contributed by atoms with Gasteiger partial charge in [-0.25, -0.2) is 4.79 Å². The third-order valence-corrected chi connectivity index (χ3v) is 4.30. The SMILES string of the molecule is CCCN1C(=S)NC(c2cccc(OC)c2)C(C(=O)OCC)=C1C. The first-order valence-electron chi connectivity index (χ1n) is 8.13. The number of ether oxygens (including phenoxy) is 2. The molecule has 5 nitrogen and oxygen atoms in total. The van der Waals surface area contributed by atoms with Crippen molar-refractivity contribution in [2.24, 2.45) is 0 Å². The van der Waals surface area contributed by atoms with Gasteiger partial charge in [0, 0.05) is 12.2 Å². The maximum atomic E-state index is 12.6. The molecule has 0 bridgehead atoms. The number of carbonyl (C=O) groups is 1. The second-order valence-electron chi connectivity index (χ2n) is 5.53. The fourth-order valence-electron chi connectivity index (χ4n) is 2.82. The summed E-state index contributed by atoms with van der Waals surface area (Å²) < 4.78 is 10.6. The molecular formula is C18H24N2O3S. The second kappa shape index (κ2) is 8.15. The molecule has 0 saturated heterocycles. The molecule has 1 atom stereocenters. The highest BCUT2D eigenvalue weighted by Crippen LogP contribution is 2.32. The highest BCUT2D eigenvalue weighted by atomic mass is 32.1. The summed E-state index contributed by atoms with van der Waals surface area (Å²) in [4.78, 5) is 14.5. The molecule has 1 N–H and O–H groups in total. The highest BCUT2D eigenvalue weighted by molar-refractivity contribution is 7.80. The molecule has 1 aliphatic rings. The average molecular weight is 348 g/mol. The van der Waals surface area contributed by atoms with Crippen LogP contribution in [0.2, 0.25) is 0 Å². The number of thiocarbonyl (C=S) groups is 1. The van der Waals surface area contributed by atoms with Crippen LogP contribution in [0.1, 0.15) is 38.8 Å². The standard InChI is InChI=1S/C18H24N2O3S/c1-5-10-20-12(3)15(17(21)23-6-2)16(19-18(20)24)13-8-7-9-14(11-13)22-4/h7-9,11,16H,5-6,10H2,1-4H3,(H,19,24). The monoisotopic (exact) mass is 348 g/mol. The summed E-state index contributed by atoms with van der Waals surface area (Å²) in [6.45, 7) is 6.89. The molecule has 0 radical (unpaired) electrons. The van der Waals surface area contributed by atoms with Crippen LogP contribution in [0.15, 0.2) is 35.5 Å². The Balaban J connectivity index is 2.51. The largest absolute Gasteiger partial charge is 0.497 e. The van der Waals surface area contributed by atoms with Crippen molar-refractivity contribution in [3.8, 4) is 5.75 Å². The van der Waals surface area contributed by atoms with Crippen LogP contribution >= 0.6 is 12.2 Å². The molecule has 24 heavy (non-hydrogen) atoms. The van der Waals surface area contributed by atoms with Gasteiger partial charge in [-0.05, 0) is 50.2 Å². The van der Waals surface area contributed by atoms with E-state index in [9.17, 15) is 4.79 Å². The lowest BCUT2D eigenvalue weighted by molar-refractivity contribution is -0.139. The Morgan fingerprint density at radius 3 is 2.75 bits per heavy atom. The van der Waals surface area contributed by atoms with Gasteiger partial charge in [-0.15, -0.1) is 0 Å². The Morgan fingerprint density at radius 2 is 2.12 bits per heavy atom. The minimum Gasteiger partial charge on any atom is -0.497 e. The molecule has 1 aromatic carbocycles. The number of rotatable bonds is 6. The summed E-state index contributed by atoms with van der Waals surface area (Å²) >= 11 is 5.51. The molecule has 2 rings (SSSR count). The summed E-state index contributed by atoms with van der Waals surface area (Å²) in [6.07, 6.45) is 0.930. The average Bonchev–Trinajstić information content (AvgIpc) is 2.58. The zero-order valence-corrected chi connectivity index (χ0v) is 15.4. The Hall–Kier alpha value is -2.08. The van der Waals surface area contributed by atoms with E-state index in [-0.39, 0.29) is 12.0 Å². The van der Waals surface area contributed by atoms with E-state index >= 15 is 0 Å². The van der Waals surface area contributed by atoms with Gasteiger partial charge in [0.25, 0.3) is 0 Å². The van der Waals surface area contributed by atoms with E-state index < -0.39 is 0 Å². The van der Waals surface area contributed by atoms with Crippen molar-refractivity contribution in [1.82, 2.24) is 10.2 Å². The van der Waals surface area contributed by atoms with Crippen molar-refractivity contribution in [3.63, 3.8) is 0 Å².